The Balaban J connectivity index is 1.60. The molecule has 22 heavy (non-hydrogen) atoms. The summed E-state index contributed by atoms with van der Waals surface area (Å²) in [6, 6.07) is 6.04. The predicted octanol–water partition coefficient (Wildman–Crippen LogP) is 2.96. The quantitative estimate of drug-likeness (QED) is 0.915. The number of rotatable bonds is 3. The number of aryl methyl sites for hydroxylation is 2. The summed E-state index contributed by atoms with van der Waals surface area (Å²) in [6.45, 7) is 1.43. The fraction of sp³-hybridized carbons (Fsp3) is 0.500. The lowest BCUT2D eigenvalue weighted by molar-refractivity contribution is 0.0859. The highest BCUT2D eigenvalue weighted by Gasteiger charge is 2.21. The lowest BCUT2D eigenvalue weighted by atomic mass is 9.95. The summed E-state index contributed by atoms with van der Waals surface area (Å²) in [5.41, 5.74) is 4.49. The van der Waals surface area contributed by atoms with Crippen LogP contribution in [0.15, 0.2) is 18.2 Å². The number of H-pyrrole nitrogens is 1. The number of fused-ring (bicyclic) bond motifs is 3. The van der Waals surface area contributed by atoms with Crippen molar-refractivity contribution in [2.45, 2.75) is 44.6 Å². The van der Waals surface area contributed by atoms with E-state index in [-0.39, 0.29) is 12.0 Å². The van der Waals surface area contributed by atoms with Gasteiger partial charge in [-0.25, -0.2) is 0 Å². The number of carbonyl (C=O) groups excluding carboxylic acids is 1. The summed E-state index contributed by atoms with van der Waals surface area (Å²) >= 11 is 0. The molecule has 1 unspecified atom stereocenters. The van der Waals surface area contributed by atoms with Gasteiger partial charge in [-0.3, -0.25) is 4.79 Å². The first-order valence-electron chi connectivity index (χ1n) is 8.35. The van der Waals surface area contributed by atoms with E-state index in [1.807, 2.05) is 12.1 Å². The van der Waals surface area contributed by atoms with Crippen LogP contribution in [0.25, 0.3) is 10.9 Å². The molecule has 2 heterocycles. The monoisotopic (exact) mass is 298 g/mol. The van der Waals surface area contributed by atoms with Crippen LogP contribution in [0.1, 0.15) is 47.3 Å². The summed E-state index contributed by atoms with van der Waals surface area (Å²) in [6.07, 6.45) is 7.02. The van der Waals surface area contributed by atoms with Crippen molar-refractivity contribution in [3.8, 4) is 0 Å². The van der Waals surface area contributed by atoms with E-state index in [9.17, 15) is 4.79 Å². The van der Waals surface area contributed by atoms with Crippen LogP contribution in [-0.4, -0.2) is 30.1 Å². The molecule has 2 N–H and O–H groups in total. The summed E-state index contributed by atoms with van der Waals surface area (Å²) in [4.78, 5) is 16.0. The van der Waals surface area contributed by atoms with Gasteiger partial charge in [-0.2, -0.15) is 0 Å². The van der Waals surface area contributed by atoms with Gasteiger partial charge in [-0.15, -0.1) is 0 Å². The minimum atomic E-state index is -0.000281. The number of amides is 1. The third kappa shape index (κ3) is 2.41. The highest BCUT2D eigenvalue weighted by molar-refractivity contribution is 6.06. The van der Waals surface area contributed by atoms with Crippen LogP contribution in [-0.2, 0) is 17.6 Å². The molecule has 0 spiro atoms. The zero-order valence-electron chi connectivity index (χ0n) is 12.8. The van der Waals surface area contributed by atoms with Crippen molar-refractivity contribution < 1.29 is 9.53 Å². The summed E-state index contributed by atoms with van der Waals surface area (Å²) < 4.78 is 5.57. The van der Waals surface area contributed by atoms with Crippen molar-refractivity contribution in [2.75, 3.05) is 13.2 Å². The molecular weight excluding hydrogens is 276 g/mol. The van der Waals surface area contributed by atoms with Gasteiger partial charge in [0.25, 0.3) is 5.91 Å². The molecule has 2 aliphatic rings. The summed E-state index contributed by atoms with van der Waals surface area (Å²) in [5, 5.41) is 4.25. The molecule has 0 radical (unpaired) electrons. The number of ether oxygens (including phenoxy) is 1. The average Bonchev–Trinajstić information content (AvgIpc) is 3.19. The molecule has 4 nitrogen and oxygen atoms in total. The second-order valence-corrected chi connectivity index (χ2v) is 6.36. The number of hydrogen-bond donors (Lipinski definition) is 2. The SMILES string of the molecule is O=C(NCC1CCCO1)c1cccc2c3c([nH]c12)CCCC3. The van der Waals surface area contributed by atoms with E-state index < -0.39 is 0 Å². The van der Waals surface area contributed by atoms with Crippen molar-refractivity contribution in [1.82, 2.24) is 10.3 Å². The lowest BCUT2D eigenvalue weighted by Gasteiger charge is -2.11. The molecule has 1 fully saturated rings. The van der Waals surface area contributed by atoms with Gasteiger partial charge in [0.2, 0.25) is 0 Å². The van der Waals surface area contributed by atoms with Crippen LogP contribution < -0.4 is 5.32 Å². The van der Waals surface area contributed by atoms with Gasteiger partial charge in [0.05, 0.1) is 17.2 Å². The van der Waals surface area contributed by atoms with Crippen LogP contribution in [0.4, 0.5) is 0 Å². The van der Waals surface area contributed by atoms with Crippen LogP contribution in [0.3, 0.4) is 0 Å². The Bertz CT molecular complexity index is 698. The molecule has 4 heteroatoms. The van der Waals surface area contributed by atoms with Gasteiger partial charge in [-0.1, -0.05) is 12.1 Å². The first-order valence-corrected chi connectivity index (χ1v) is 8.35. The number of hydrogen-bond acceptors (Lipinski definition) is 2. The lowest BCUT2D eigenvalue weighted by Crippen LogP contribution is -2.31. The molecule has 1 saturated heterocycles. The Hall–Kier alpha value is -1.81. The van der Waals surface area contributed by atoms with E-state index in [1.54, 1.807) is 0 Å². The zero-order valence-corrected chi connectivity index (χ0v) is 12.8. The Morgan fingerprint density at radius 2 is 2.18 bits per heavy atom. The maximum absolute atomic E-state index is 12.5. The van der Waals surface area contributed by atoms with E-state index in [2.05, 4.69) is 16.4 Å². The van der Waals surface area contributed by atoms with Gasteiger partial charge in [0, 0.05) is 24.2 Å². The molecule has 0 bridgehead atoms. The van der Waals surface area contributed by atoms with E-state index in [0.717, 1.165) is 43.4 Å². The molecule has 1 aliphatic heterocycles. The second-order valence-electron chi connectivity index (χ2n) is 6.36. The minimum Gasteiger partial charge on any atom is -0.376 e. The number of benzene rings is 1. The van der Waals surface area contributed by atoms with Crippen molar-refractivity contribution in [2.24, 2.45) is 0 Å². The Labute approximate surface area is 130 Å². The van der Waals surface area contributed by atoms with Crippen molar-refractivity contribution in [3.05, 3.63) is 35.0 Å². The molecule has 1 aromatic carbocycles. The summed E-state index contributed by atoms with van der Waals surface area (Å²) in [5.74, 6) is -0.000281. The first kappa shape index (κ1) is 13.8. The van der Waals surface area contributed by atoms with Gasteiger partial charge < -0.3 is 15.0 Å². The maximum atomic E-state index is 12.5. The molecule has 1 aromatic heterocycles. The van der Waals surface area contributed by atoms with Gasteiger partial charge >= 0.3 is 0 Å². The second kappa shape index (κ2) is 5.76. The van der Waals surface area contributed by atoms with E-state index in [1.165, 1.54) is 29.5 Å². The predicted molar refractivity (Wildman–Crippen MR) is 86.2 cm³/mol. The molecule has 0 saturated carbocycles. The highest BCUT2D eigenvalue weighted by atomic mass is 16.5. The standard InChI is InChI=1S/C18H22N2O2/c21-18(19-11-12-5-4-10-22-12)15-8-3-7-14-13-6-1-2-9-16(13)20-17(14)15/h3,7-8,12,20H,1-2,4-6,9-11H2,(H,19,21). The molecule has 116 valence electrons. The van der Waals surface area contributed by atoms with E-state index >= 15 is 0 Å². The number of para-hydroxylation sites is 1. The largest absolute Gasteiger partial charge is 0.376 e. The first-order chi connectivity index (χ1) is 10.8. The number of nitrogens with one attached hydrogen (secondary N) is 2. The highest BCUT2D eigenvalue weighted by Crippen LogP contribution is 2.30. The molecular formula is C18H22N2O2. The Morgan fingerprint density at radius 1 is 1.27 bits per heavy atom. The van der Waals surface area contributed by atoms with Crippen LogP contribution >= 0.6 is 0 Å². The third-order valence-corrected chi connectivity index (χ3v) is 4.89. The van der Waals surface area contributed by atoms with Gasteiger partial charge in [-0.05, 0) is 50.2 Å². The number of aromatic nitrogens is 1. The van der Waals surface area contributed by atoms with Crippen LogP contribution in [0, 0.1) is 0 Å². The molecule has 1 atom stereocenters. The smallest absolute Gasteiger partial charge is 0.253 e. The third-order valence-electron chi connectivity index (χ3n) is 4.89. The Kier molecular flexibility index (Phi) is 3.62. The zero-order chi connectivity index (χ0) is 14.9. The van der Waals surface area contributed by atoms with E-state index in [4.69, 9.17) is 4.74 Å². The molecule has 1 amide bonds. The number of aromatic amines is 1. The molecule has 1 aliphatic carbocycles. The maximum Gasteiger partial charge on any atom is 0.253 e. The summed E-state index contributed by atoms with van der Waals surface area (Å²) in [7, 11) is 0. The van der Waals surface area contributed by atoms with Crippen LogP contribution in [0.2, 0.25) is 0 Å². The Morgan fingerprint density at radius 3 is 3.05 bits per heavy atom. The van der Waals surface area contributed by atoms with Gasteiger partial charge in [0.15, 0.2) is 0 Å². The topological polar surface area (TPSA) is 54.1 Å². The van der Waals surface area contributed by atoms with E-state index in [0.29, 0.717) is 6.54 Å². The normalized spacial score (nSPS) is 21.0. The van der Waals surface area contributed by atoms with Crippen molar-refractivity contribution >= 4 is 16.8 Å². The van der Waals surface area contributed by atoms with Crippen molar-refractivity contribution in [3.63, 3.8) is 0 Å². The fourth-order valence-electron chi connectivity index (χ4n) is 3.73. The van der Waals surface area contributed by atoms with Gasteiger partial charge in [0.1, 0.15) is 0 Å². The molecule has 4 rings (SSSR count). The molecule has 2 aromatic rings. The van der Waals surface area contributed by atoms with Crippen LogP contribution in [0.5, 0.6) is 0 Å². The fourth-order valence-corrected chi connectivity index (χ4v) is 3.73. The van der Waals surface area contributed by atoms with Crippen molar-refractivity contribution in [1.29, 1.82) is 0 Å². The average molecular weight is 298 g/mol. The minimum absolute atomic E-state index is 0.000281. The number of carbonyl (C=O) groups is 1.